The molecule has 0 aliphatic rings. The van der Waals surface area contributed by atoms with Gasteiger partial charge in [0.25, 0.3) is 5.91 Å². The molecular weight excluding hydrogens is 433 g/mol. The van der Waals surface area contributed by atoms with Crippen molar-refractivity contribution in [1.82, 2.24) is 4.98 Å². The average molecular weight is 452 g/mol. The second kappa shape index (κ2) is 10.9. The molecule has 0 aliphatic heterocycles. The van der Waals surface area contributed by atoms with Gasteiger partial charge < -0.3 is 10.8 Å². The van der Waals surface area contributed by atoms with Crippen LogP contribution >= 0.6 is 34.5 Å². The van der Waals surface area contributed by atoms with Crippen molar-refractivity contribution < 1.29 is 14.7 Å². The van der Waals surface area contributed by atoms with Crippen molar-refractivity contribution in [3.63, 3.8) is 0 Å². The molecule has 152 valence electrons. The number of anilines is 2. The van der Waals surface area contributed by atoms with E-state index in [1.54, 1.807) is 48.5 Å². The summed E-state index contributed by atoms with van der Waals surface area (Å²) in [5.41, 5.74) is 5.68. The Labute approximate surface area is 182 Å². The van der Waals surface area contributed by atoms with Crippen LogP contribution in [0.1, 0.15) is 34.2 Å². The first kappa shape index (κ1) is 22.8. The predicted molar refractivity (Wildman–Crippen MR) is 118 cm³/mol. The van der Waals surface area contributed by atoms with Gasteiger partial charge in [-0.05, 0) is 49.4 Å². The van der Waals surface area contributed by atoms with E-state index in [1.165, 1.54) is 10.3 Å². The number of carboxylic acid groups (broad SMARTS) is 1. The molecule has 1 heterocycles. The van der Waals surface area contributed by atoms with Crippen LogP contribution in [0.4, 0.5) is 10.8 Å². The van der Waals surface area contributed by atoms with Gasteiger partial charge in [-0.2, -0.15) is 0 Å². The average Bonchev–Trinajstić information content (AvgIpc) is 3.20. The number of hydrogen-bond donors (Lipinski definition) is 2. The maximum absolute atomic E-state index is 13.1. The van der Waals surface area contributed by atoms with Crippen LogP contribution in [0.2, 0.25) is 10.0 Å². The zero-order chi connectivity index (χ0) is 21.4. The van der Waals surface area contributed by atoms with Crippen LogP contribution < -0.4 is 10.6 Å². The van der Waals surface area contributed by atoms with Gasteiger partial charge in [0.2, 0.25) is 0 Å². The number of carbonyl (C=O) groups excluding carboxylic acids is 1. The Hall–Kier alpha value is -2.45. The number of amides is 1. The Morgan fingerprint density at radius 1 is 1.14 bits per heavy atom. The number of halogens is 2. The number of aromatic carboxylic acids is 1. The molecule has 3 rings (SSSR count). The molecule has 3 aromatic rings. The summed E-state index contributed by atoms with van der Waals surface area (Å²) in [6.07, 6.45) is 1.10. The van der Waals surface area contributed by atoms with Crippen LogP contribution in [-0.2, 0) is 0 Å². The molecule has 29 heavy (non-hydrogen) atoms. The summed E-state index contributed by atoms with van der Waals surface area (Å²) >= 11 is 13.1. The first-order chi connectivity index (χ1) is 13.9. The minimum atomic E-state index is -1.16. The maximum Gasteiger partial charge on any atom is 0.355 e. The zero-order valence-corrected chi connectivity index (χ0v) is 17.8. The van der Waals surface area contributed by atoms with Crippen molar-refractivity contribution >= 4 is 57.2 Å². The summed E-state index contributed by atoms with van der Waals surface area (Å²) < 4.78 is 0. The fourth-order valence-electron chi connectivity index (χ4n) is 2.13. The Bertz CT molecular complexity index is 975. The molecule has 3 N–H and O–H groups in total. The van der Waals surface area contributed by atoms with Gasteiger partial charge in [0.1, 0.15) is 0 Å². The van der Waals surface area contributed by atoms with Crippen molar-refractivity contribution in [3.05, 3.63) is 75.2 Å². The van der Waals surface area contributed by atoms with Crippen molar-refractivity contribution in [3.8, 4) is 0 Å². The fourth-order valence-corrected chi connectivity index (χ4v) is 3.28. The summed E-state index contributed by atoms with van der Waals surface area (Å²) in [5.74, 6) is -1.58. The van der Waals surface area contributed by atoms with Crippen LogP contribution in [0.5, 0.6) is 0 Å². The van der Waals surface area contributed by atoms with Crippen molar-refractivity contribution in [2.45, 2.75) is 13.3 Å². The first-order valence-corrected chi connectivity index (χ1v) is 10.3. The van der Waals surface area contributed by atoms with E-state index >= 15 is 0 Å². The lowest BCUT2D eigenvalue weighted by Gasteiger charge is -2.20. The summed E-state index contributed by atoms with van der Waals surface area (Å²) in [6, 6.07) is 13.2. The molecule has 0 saturated heterocycles. The number of benzene rings is 2. The smallest absolute Gasteiger partial charge is 0.355 e. The molecule has 0 radical (unpaired) electrons. The molecule has 0 aliphatic carbocycles. The lowest BCUT2D eigenvalue weighted by Crippen LogP contribution is -2.26. The SMILES string of the molecule is CCCN.O=C(O)c1csc(N(C(=O)c2ccccc2Cl)c2ccc(Cl)cc2)n1. The zero-order valence-electron chi connectivity index (χ0n) is 15.5. The Balaban J connectivity index is 0.000000687. The Morgan fingerprint density at radius 3 is 2.28 bits per heavy atom. The third-order valence-electron chi connectivity index (χ3n) is 3.58. The number of rotatable bonds is 5. The highest BCUT2D eigenvalue weighted by molar-refractivity contribution is 7.14. The second-order valence-electron chi connectivity index (χ2n) is 5.71. The molecule has 1 aromatic heterocycles. The van der Waals surface area contributed by atoms with Crippen molar-refractivity contribution in [2.75, 3.05) is 11.4 Å². The minimum absolute atomic E-state index is 0.133. The lowest BCUT2D eigenvalue weighted by molar-refractivity contribution is 0.0691. The molecule has 0 fully saturated rings. The summed E-state index contributed by atoms with van der Waals surface area (Å²) in [5, 5.41) is 11.5. The van der Waals surface area contributed by atoms with E-state index in [0.29, 0.717) is 15.7 Å². The Kier molecular flexibility index (Phi) is 8.60. The molecule has 0 unspecified atom stereocenters. The highest BCUT2D eigenvalue weighted by Gasteiger charge is 2.25. The molecule has 1 amide bonds. The van der Waals surface area contributed by atoms with E-state index in [0.717, 1.165) is 24.3 Å². The second-order valence-corrected chi connectivity index (χ2v) is 7.39. The molecule has 0 spiro atoms. The van der Waals surface area contributed by atoms with E-state index in [4.69, 9.17) is 34.0 Å². The van der Waals surface area contributed by atoms with Crippen LogP contribution in [0.3, 0.4) is 0 Å². The topological polar surface area (TPSA) is 96.5 Å². The number of thiazole rings is 1. The highest BCUT2D eigenvalue weighted by Crippen LogP contribution is 2.32. The van der Waals surface area contributed by atoms with E-state index in [-0.39, 0.29) is 16.4 Å². The van der Waals surface area contributed by atoms with Crippen LogP contribution in [0.25, 0.3) is 0 Å². The number of nitrogens with zero attached hydrogens (tertiary/aromatic N) is 2. The van der Waals surface area contributed by atoms with Gasteiger partial charge in [-0.25, -0.2) is 9.78 Å². The van der Waals surface area contributed by atoms with E-state index in [1.807, 2.05) is 0 Å². The van der Waals surface area contributed by atoms with Gasteiger partial charge in [-0.15, -0.1) is 11.3 Å². The van der Waals surface area contributed by atoms with Crippen LogP contribution in [-0.4, -0.2) is 28.5 Å². The maximum atomic E-state index is 13.1. The molecule has 0 atom stereocenters. The summed E-state index contributed by atoms with van der Waals surface area (Å²) in [4.78, 5) is 29.5. The molecule has 0 saturated carbocycles. The summed E-state index contributed by atoms with van der Waals surface area (Å²) in [7, 11) is 0. The van der Waals surface area contributed by atoms with Gasteiger partial charge >= 0.3 is 5.97 Å². The normalized spacial score (nSPS) is 10.1. The van der Waals surface area contributed by atoms with Gasteiger partial charge in [0, 0.05) is 10.4 Å². The van der Waals surface area contributed by atoms with Gasteiger partial charge in [-0.3, -0.25) is 9.69 Å². The van der Waals surface area contributed by atoms with Crippen LogP contribution in [0.15, 0.2) is 53.9 Å². The van der Waals surface area contributed by atoms with E-state index in [9.17, 15) is 9.59 Å². The predicted octanol–water partition coefficient (Wildman–Crippen LogP) is 5.48. The van der Waals surface area contributed by atoms with Crippen LogP contribution in [0, 0.1) is 0 Å². The highest BCUT2D eigenvalue weighted by atomic mass is 35.5. The lowest BCUT2D eigenvalue weighted by atomic mass is 10.2. The molecular formula is C20H19Cl2N3O3S. The first-order valence-electron chi connectivity index (χ1n) is 8.62. The van der Waals surface area contributed by atoms with E-state index < -0.39 is 11.9 Å². The van der Waals surface area contributed by atoms with Gasteiger partial charge in [0.05, 0.1) is 16.3 Å². The van der Waals surface area contributed by atoms with Crippen molar-refractivity contribution in [2.24, 2.45) is 5.73 Å². The number of hydrogen-bond acceptors (Lipinski definition) is 5. The largest absolute Gasteiger partial charge is 0.476 e. The number of carbonyl (C=O) groups is 2. The van der Waals surface area contributed by atoms with Gasteiger partial charge in [-0.1, -0.05) is 42.3 Å². The Morgan fingerprint density at radius 2 is 1.76 bits per heavy atom. The van der Waals surface area contributed by atoms with E-state index in [2.05, 4.69) is 11.9 Å². The molecule has 9 heteroatoms. The molecule has 2 aromatic carbocycles. The summed E-state index contributed by atoms with van der Waals surface area (Å²) in [6.45, 7) is 2.88. The quantitative estimate of drug-likeness (QED) is 0.534. The van der Waals surface area contributed by atoms with Gasteiger partial charge in [0.15, 0.2) is 10.8 Å². The third kappa shape index (κ3) is 6.01. The molecule has 6 nitrogen and oxygen atoms in total. The van der Waals surface area contributed by atoms with Crippen molar-refractivity contribution in [1.29, 1.82) is 0 Å². The fraction of sp³-hybridized carbons (Fsp3) is 0.150. The standard InChI is InChI=1S/C17H10Cl2N2O3S.C3H9N/c18-10-5-7-11(8-6-10)21(17-20-14(9-25-17)16(23)24)15(22)12-3-1-2-4-13(12)19;1-2-3-4/h1-9H,(H,23,24);2-4H2,1H3. The molecule has 0 bridgehead atoms. The number of nitrogens with two attached hydrogens (primary N) is 1. The number of aromatic nitrogens is 1. The third-order valence-corrected chi connectivity index (χ3v) is 4.99. The minimum Gasteiger partial charge on any atom is -0.476 e. The number of carboxylic acids is 1. The monoisotopic (exact) mass is 451 g/mol.